The quantitative estimate of drug-likeness (QED) is 0.361. The second kappa shape index (κ2) is 10.5. The molecule has 0 unspecified atom stereocenters. The Kier molecular flexibility index (Phi) is 7.28. The molecule has 0 aliphatic rings. The lowest BCUT2D eigenvalue weighted by Crippen LogP contribution is -2.17. The van der Waals surface area contributed by atoms with Crippen LogP contribution in [0.4, 0.5) is 26.1 Å². The lowest BCUT2D eigenvalue weighted by molar-refractivity contribution is 0.335. The Hall–Kier alpha value is -4.28. The molecule has 36 heavy (non-hydrogen) atoms. The molecule has 188 valence electrons. The van der Waals surface area contributed by atoms with E-state index >= 15 is 0 Å². The predicted molar refractivity (Wildman–Crippen MR) is 133 cm³/mol. The molecule has 0 radical (unpaired) electrons. The first-order valence-electron chi connectivity index (χ1n) is 11.3. The summed E-state index contributed by atoms with van der Waals surface area (Å²) < 4.78 is 41.8. The first-order valence-corrected chi connectivity index (χ1v) is 11.3. The number of aromatic nitrogens is 5. The Morgan fingerprint density at radius 1 is 1.11 bits per heavy atom. The van der Waals surface area contributed by atoms with Gasteiger partial charge in [0.1, 0.15) is 28.9 Å². The Balaban J connectivity index is 1.75. The van der Waals surface area contributed by atoms with Crippen LogP contribution in [0.15, 0.2) is 42.9 Å². The predicted octanol–water partition coefficient (Wildman–Crippen LogP) is 4.59. The van der Waals surface area contributed by atoms with Gasteiger partial charge in [0, 0.05) is 55.4 Å². The number of nitrogens with zero attached hydrogens (tertiary/aromatic N) is 6. The van der Waals surface area contributed by atoms with Crippen LogP contribution in [0.1, 0.15) is 18.1 Å². The van der Waals surface area contributed by atoms with E-state index in [0.717, 1.165) is 11.3 Å². The highest BCUT2D eigenvalue weighted by atomic mass is 19.1. The number of hydrogen-bond donors (Lipinski definition) is 1. The Labute approximate surface area is 207 Å². The summed E-state index contributed by atoms with van der Waals surface area (Å²) in [6.45, 7) is 3.80. The molecule has 4 aromatic rings. The summed E-state index contributed by atoms with van der Waals surface area (Å²) in [5.74, 6) is 0.615. The Bertz CT molecular complexity index is 1340. The zero-order valence-corrected chi connectivity index (χ0v) is 20.7. The molecule has 0 saturated heterocycles. The highest BCUT2D eigenvalue weighted by Gasteiger charge is 2.23. The first-order chi connectivity index (χ1) is 17.3. The third-order valence-electron chi connectivity index (χ3n) is 5.44. The van der Waals surface area contributed by atoms with Crippen LogP contribution in [0.3, 0.4) is 0 Å². The molecule has 1 aromatic carbocycles. The molecule has 3 heterocycles. The molecular formula is C25H27F2N7O2. The van der Waals surface area contributed by atoms with Crippen molar-refractivity contribution in [3.05, 3.63) is 65.6 Å². The highest BCUT2D eigenvalue weighted by Crippen LogP contribution is 2.32. The van der Waals surface area contributed by atoms with E-state index in [4.69, 9.17) is 9.47 Å². The van der Waals surface area contributed by atoms with Gasteiger partial charge in [-0.05, 0) is 26.0 Å². The van der Waals surface area contributed by atoms with Gasteiger partial charge in [0.05, 0.1) is 26.5 Å². The van der Waals surface area contributed by atoms with Crippen molar-refractivity contribution in [3.63, 3.8) is 0 Å². The normalized spacial score (nSPS) is 10.9. The van der Waals surface area contributed by atoms with Crippen molar-refractivity contribution in [1.82, 2.24) is 24.7 Å². The average Bonchev–Trinajstić information content (AvgIpc) is 3.18. The molecular weight excluding hydrogens is 468 g/mol. The van der Waals surface area contributed by atoms with Gasteiger partial charge in [-0.25, -0.2) is 23.4 Å². The van der Waals surface area contributed by atoms with Gasteiger partial charge in [0.25, 0.3) is 0 Å². The molecule has 0 atom stereocenters. The van der Waals surface area contributed by atoms with Gasteiger partial charge in [-0.2, -0.15) is 5.10 Å². The van der Waals surface area contributed by atoms with E-state index in [1.165, 1.54) is 23.9 Å². The van der Waals surface area contributed by atoms with Crippen LogP contribution in [0.25, 0.3) is 11.5 Å². The summed E-state index contributed by atoms with van der Waals surface area (Å²) in [6, 6.07) is 5.95. The van der Waals surface area contributed by atoms with E-state index in [9.17, 15) is 8.78 Å². The molecule has 1 N–H and O–H groups in total. The fourth-order valence-corrected chi connectivity index (χ4v) is 3.86. The summed E-state index contributed by atoms with van der Waals surface area (Å²) in [4.78, 5) is 14.9. The Morgan fingerprint density at radius 2 is 1.81 bits per heavy atom. The highest BCUT2D eigenvalue weighted by molar-refractivity contribution is 5.68. The van der Waals surface area contributed by atoms with E-state index in [1.54, 1.807) is 37.6 Å². The van der Waals surface area contributed by atoms with Crippen LogP contribution >= 0.6 is 0 Å². The topological polar surface area (TPSA) is 90.2 Å². The molecule has 9 nitrogen and oxygen atoms in total. The number of anilines is 3. The van der Waals surface area contributed by atoms with Gasteiger partial charge in [-0.1, -0.05) is 0 Å². The van der Waals surface area contributed by atoms with Gasteiger partial charge in [0.2, 0.25) is 0 Å². The zero-order valence-electron chi connectivity index (χ0n) is 20.7. The van der Waals surface area contributed by atoms with Crippen molar-refractivity contribution >= 4 is 17.3 Å². The third-order valence-corrected chi connectivity index (χ3v) is 5.44. The molecule has 0 fully saturated rings. The van der Waals surface area contributed by atoms with Crippen molar-refractivity contribution < 1.29 is 18.3 Å². The maximum Gasteiger partial charge on any atom is 0.182 e. The van der Waals surface area contributed by atoms with Crippen LogP contribution in [-0.4, -0.2) is 52.5 Å². The van der Waals surface area contributed by atoms with Crippen molar-refractivity contribution in [2.24, 2.45) is 0 Å². The van der Waals surface area contributed by atoms with Crippen molar-refractivity contribution in [3.8, 4) is 23.0 Å². The van der Waals surface area contributed by atoms with E-state index in [0.29, 0.717) is 35.5 Å². The number of nitrogens with one attached hydrogen (secondary N) is 1. The van der Waals surface area contributed by atoms with Crippen LogP contribution in [0, 0.1) is 18.6 Å². The van der Waals surface area contributed by atoms with Gasteiger partial charge >= 0.3 is 0 Å². The van der Waals surface area contributed by atoms with Crippen LogP contribution in [-0.2, 0) is 6.54 Å². The molecule has 0 saturated carbocycles. The minimum Gasteiger partial charge on any atom is -0.494 e. The largest absolute Gasteiger partial charge is 0.494 e. The lowest BCUT2D eigenvalue weighted by Gasteiger charge is -2.17. The maximum atomic E-state index is 14.8. The summed E-state index contributed by atoms with van der Waals surface area (Å²) in [5.41, 5.74) is 1.88. The SMILES string of the molecule is CCOc1cc(F)c(Cn2nc(-c3ncc(OC)c(Nc4ccncc4)n3)c(C)c2N(C)C)c(F)c1. The molecule has 4 rings (SSSR count). The molecule has 0 amide bonds. The standard InChI is InChI=1S/C25H27F2N7O2/c1-6-36-17-11-19(26)18(20(27)12-17)14-34-25(33(3)4)15(2)22(32-34)24-29-13-21(35-5)23(31-24)30-16-7-9-28-10-8-16/h7-13H,6,14H2,1-5H3,(H,28,29,30,31). The fraction of sp³-hybridized carbons (Fsp3) is 0.280. The zero-order chi connectivity index (χ0) is 25.8. The van der Waals surface area contributed by atoms with Crippen molar-refractivity contribution in [2.45, 2.75) is 20.4 Å². The number of halogens is 2. The summed E-state index contributed by atoms with van der Waals surface area (Å²) in [7, 11) is 5.20. The second-order valence-electron chi connectivity index (χ2n) is 8.12. The van der Waals surface area contributed by atoms with E-state index in [-0.39, 0.29) is 17.9 Å². The monoisotopic (exact) mass is 495 g/mol. The number of pyridine rings is 1. The number of rotatable bonds is 9. The number of benzene rings is 1. The number of hydrogen-bond acceptors (Lipinski definition) is 8. The average molecular weight is 496 g/mol. The van der Waals surface area contributed by atoms with Crippen LogP contribution in [0.5, 0.6) is 11.5 Å². The maximum absolute atomic E-state index is 14.8. The molecule has 3 aromatic heterocycles. The molecule has 11 heteroatoms. The number of ether oxygens (including phenoxy) is 2. The fourth-order valence-electron chi connectivity index (χ4n) is 3.86. The van der Waals surface area contributed by atoms with Crippen molar-refractivity contribution in [2.75, 3.05) is 38.0 Å². The minimum atomic E-state index is -0.706. The summed E-state index contributed by atoms with van der Waals surface area (Å²) in [5, 5.41) is 7.84. The molecule has 0 spiro atoms. The van der Waals surface area contributed by atoms with Crippen molar-refractivity contribution in [1.29, 1.82) is 0 Å². The summed E-state index contributed by atoms with van der Waals surface area (Å²) in [6.07, 6.45) is 4.86. The number of methoxy groups -OCH3 is 1. The van der Waals surface area contributed by atoms with Gasteiger partial charge < -0.3 is 19.7 Å². The van der Waals surface area contributed by atoms with E-state index < -0.39 is 11.6 Å². The van der Waals surface area contributed by atoms with Gasteiger partial charge in [-0.15, -0.1) is 0 Å². The van der Waals surface area contributed by atoms with Crippen LogP contribution in [0.2, 0.25) is 0 Å². The van der Waals surface area contributed by atoms with E-state index in [1.807, 2.05) is 25.9 Å². The molecule has 0 bridgehead atoms. The third kappa shape index (κ3) is 5.04. The smallest absolute Gasteiger partial charge is 0.182 e. The molecule has 0 aliphatic carbocycles. The first kappa shape index (κ1) is 24.8. The van der Waals surface area contributed by atoms with Gasteiger partial charge in [-0.3, -0.25) is 4.98 Å². The molecule has 0 aliphatic heterocycles. The summed E-state index contributed by atoms with van der Waals surface area (Å²) >= 11 is 0. The van der Waals surface area contributed by atoms with Gasteiger partial charge in [0.15, 0.2) is 17.4 Å². The minimum absolute atomic E-state index is 0.119. The van der Waals surface area contributed by atoms with Crippen LogP contribution < -0.4 is 19.7 Å². The second-order valence-corrected chi connectivity index (χ2v) is 8.12. The van der Waals surface area contributed by atoms with E-state index in [2.05, 4.69) is 25.4 Å². The Morgan fingerprint density at radius 3 is 2.42 bits per heavy atom. The lowest BCUT2D eigenvalue weighted by atomic mass is 10.2.